The number of hydrogen-bond donors (Lipinski definition) is 1. The minimum Gasteiger partial charge on any atom is -0.481 e. The van der Waals surface area contributed by atoms with Crippen molar-refractivity contribution in [1.29, 1.82) is 0 Å². The second kappa shape index (κ2) is 3.58. The lowest BCUT2D eigenvalue weighted by molar-refractivity contribution is -0.142. The second-order valence-corrected chi connectivity index (χ2v) is 3.35. The molecular formula is C10H9N3O2. The number of carboxylic acid groups (broad SMARTS) is 1. The van der Waals surface area contributed by atoms with Gasteiger partial charge in [0, 0.05) is 19.2 Å². The molecule has 0 radical (unpaired) electrons. The standard InChI is InChI=1S/C10H9N3O2/c1-2-8-3-9(12-6-11-8)13-4-7(5-13)10(14)15/h1,3,6-7H,4-5H2,(H,14,15). The van der Waals surface area contributed by atoms with Crippen molar-refractivity contribution >= 4 is 11.8 Å². The topological polar surface area (TPSA) is 66.3 Å². The Morgan fingerprint density at radius 1 is 1.60 bits per heavy atom. The van der Waals surface area contributed by atoms with E-state index in [4.69, 9.17) is 11.5 Å². The minimum absolute atomic E-state index is 0.297. The zero-order chi connectivity index (χ0) is 10.8. The average molecular weight is 203 g/mol. The molecule has 0 aromatic carbocycles. The van der Waals surface area contributed by atoms with E-state index in [9.17, 15) is 4.79 Å². The Kier molecular flexibility index (Phi) is 2.26. The first kappa shape index (κ1) is 9.46. The van der Waals surface area contributed by atoms with Gasteiger partial charge < -0.3 is 10.0 Å². The summed E-state index contributed by atoms with van der Waals surface area (Å²) in [6, 6.07) is 1.68. The molecule has 1 saturated heterocycles. The van der Waals surface area contributed by atoms with E-state index in [2.05, 4.69) is 15.9 Å². The van der Waals surface area contributed by atoms with Crippen molar-refractivity contribution in [2.75, 3.05) is 18.0 Å². The zero-order valence-electron chi connectivity index (χ0n) is 7.92. The van der Waals surface area contributed by atoms with E-state index >= 15 is 0 Å². The lowest BCUT2D eigenvalue weighted by Crippen LogP contribution is -2.50. The second-order valence-electron chi connectivity index (χ2n) is 3.35. The van der Waals surface area contributed by atoms with Gasteiger partial charge in [0.1, 0.15) is 17.8 Å². The molecule has 0 saturated carbocycles. The normalized spacial score (nSPS) is 15.5. The first-order chi connectivity index (χ1) is 7.20. The van der Waals surface area contributed by atoms with Crippen LogP contribution in [0.4, 0.5) is 5.82 Å². The number of rotatable bonds is 2. The smallest absolute Gasteiger partial charge is 0.310 e. The van der Waals surface area contributed by atoms with Crippen LogP contribution in [-0.2, 0) is 4.79 Å². The van der Waals surface area contributed by atoms with Gasteiger partial charge in [-0.05, 0) is 0 Å². The summed E-state index contributed by atoms with van der Waals surface area (Å²) in [5.74, 6) is 2.04. The van der Waals surface area contributed by atoms with Crippen LogP contribution in [0.3, 0.4) is 0 Å². The molecule has 76 valence electrons. The fourth-order valence-corrected chi connectivity index (χ4v) is 1.42. The Balaban J connectivity index is 2.07. The summed E-state index contributed by atoms with van der Waals surface area (Å²) in [4.78, 5) is 20.3. The highest BCUT2D eigenvalue weighted by molar-refractivity contribution is 5.74. The summed E-state index contributed by atoms with van der Waals surface area (Å²) in [5.41, 5.74) is 0.513. The lowest BCUT2D eigenvalue weighted by Gasteiger charge is -2.37. The maximum absolute atomic E-state index is 10.6. The summed E-state index contributed by atoms with van der Waals surface area (Å²) in [5, 5.41) is 8.71. The zero-order valence-corrected chi connectivity index (χ0v) is 7.92. The molecule has 1 aromatic heterocycles. The number of aliphatic carboxylic acids is 1. The molecule has 1 fully saturated rings. The van der Waals surface area contributed by atoms with Crippen molar-refractivity contribution in [3.8, 4) is 12.3 Å². The van der Waals surface area contributed by atoms with Crippen LogP contribution < -0.4 is 4.90 Å². The highest BCUT2D eigenvalue weighted by Gasteiger charge is 2.33. The van der Waals surface area contributed by atoms with Crippen LogP contribution >= 0.6 is 0 Å². The van der Waals surface area contributed by atoms with Crippen molar-refractivity contribution in [1.82, 2.24) is 9.97 Å². The van der Waals surface area contributed by atoms with Crippen molar-refractivity contribution < 1.29 is 9.90 Å². The van der Waals surface area contributed by atoms with Gasteiger partial charge >= 0.3 is 5.97 Å². The number of anilines is 1. The highest BCUT2D eigenvalue weighted by atomic mass is 16.4. The van der Waals surface area contributed by atoms with Gasteiger partial charge in [-0.1, -0.05) is 5.92 Å². The van der Waals surface area contributed by atoms with Crippen molar-refractivity contribution in [2.45, 2.75) is 0 Å². The average Bonchev–Trinajstić information content (AvgIpc) is 2.15. The van der Waals surface area contributed by atoms with Crippen LogP contribution in [0.25, 0.3) is 0 Å². The molecule has 0 bridgehead atoms. The molecule has 0 aliphatic carbocycles. The largest absolute Gasteiger partial charge is 0.481 e. The maximum Gasteiger partial charge on any atom is 0.310 e. The van der Waals surface area contributed by atoms with E-state index < -0.39 is 5.97 Å². The summed E-state index contributed by atoms with van der Waals surface area (Å²) in [6.07, 6.45) is 6.59. The van der Waals surface area contributed by atoms with Crippen LogP contribution in [0.5, 0.6) is 0 Å². The SMILES string of the molecule is C#Cc1cc(N2CC(C(=O)O)C2)ncn1. The number of carbonyl (C=O) groups is 1. The van der Waals surface area contributed by atoms with E-state index in [1.165, 1.54) is 6.33 Å². The molecule has 1 aliphatic rings. The van der Waals surface area contributed by atoms with E-state index in [0.29, 0.717) is 24.6 Å². The Bertz CT molecular complexity index is 433. The molecule has 2 heterocycles. The number of aromatic nitrogens is 2. The van der Waals surface area contributed by atoms with Gasteiger partial charge in [-0.15, -0.1) is 6.42 Å². The molecule has 0 amide bonds. The molecule has 5 nitrogen and oxygen atoms in total. The van der Waals surface area contributed by atoms with Crippen LogP contribution in [0, 0.1) is 18.3 Å². The van der Waals surface area contributed by atoms with Crippen LogP contribution in [-0.4, -0.2) is 34.1 Å². The van der Waals surface area contributed by atoms with Gasteiger partial charge in [-0.2, -0.15) is 0 Å². The van der Waals surface area contributed by atoms with Crippen molar-refractivity contribution in [3.63, 3.8) is 0 Å². The molecule has 1 aromatic rings. The van der Waals surface area contributed by atoms with Crippen molar-refractivity contribution in [2.24, 2.45) is 5.92 Å². The number of hydrogen-bond acceptors (Lipinski definition) is 4. The first-order valence-corrected chi connectivity index (χ1v) is 4.47. The summed E-state index contributed by atoms with van der Waals surface area (Å²) >= 11 is 0. The highest BCUT2D eigenvalue weighted by Crippen LogP contribution is 2.22. The molecule has 0 atom stereocenters. The molecule has 0 unspecified atom stereocenters. The fourth-order valence-electron chi connectivity index (χ4n) is 1.42. The third-order valence-electron chi connectivity index (χ3n) is 2.36. The maximum atomic E-state index is 10.6. The molecule has 1 N–H and O–H groups in total. The molecule has 1 aliphatic heterocycles. The third-order valence-corrected chi connectivity index (χ3v) is 2.36. The third kappa shape index (κ3) is 1.74. The number of nitrogens with zero attached hydrogens (tertiary/aromatic N) is 3. The van der Waals surface area contributed by atoms with Crippen LogP contribution in [0.1, 0.15) is 5.69 Å². The fraction of sp³-hybridized carbons (Fsp3) is 0.300. The van der Waals surface area contributed by atoms with Gasteiger partial charge in [0.05, 0.1) is 5.92 Å². The van der Waals surface area contributed by atoms with E-state index in [-0.39, 0.29) is 5.92 Å². The van der Waals surface area contributed by atoms with E-state index in [1.807, 2.05) is 4.90 Å². The van der Waals surface area contributed by atoms with Crippen LogP contribution in [0.15, 0.2) is 12.4 Å². The Morgan fingerprint density at radius 3 is 2.93 bits per heavy atom. The van der Waals surface area contributed by atoms with Crippen LogP contribution in [0.2, 0.25) is 0 Å². The summed E-state index contributed by atoms with van der Waals surface area (Å²) < 4.78 is 0. The monoisotopic (exact) mass is 203 g/mol. The Morgan fingerprint density at radius 2 is 2.33 bits per heavy atom. The van der Waals surface area contributed by atoms with Gasteiger partial charge in [0.25, 0.3) is 0 Å². The van der Waals surface area contributed by atoms with Gasteiger partial charge in [0.15, 0.2) is 0 Å². The quantitative estimate of drug-likeness (QED) is 0.684. The molecule has 2 rings (SSSR count). The summed E-state index contributed by atoms with van der Waals surface area (Å²) in [7, 11) is 0. The van der Waals surface area contributed by atoms with Crippen molar-refractivity contribution in [3.05, 3.63) is 18.1 Å². The molecule has 5 heteroatoms. The molecular weight excluding hydrogens is 194 g/mol. The Hall–Kier alpha value is -2.09. The Labute approximate surface area is 86.8 Å². The van der Waals surface area contributed by atoms with Gasteiger partial charge in [-0.3, -0.25) is 4.79 Å². The predicted octanol–water partition coefficient (Wildman–Crippen LogP) is -0.0213. The van der Waals surface area contributed by atoms with E-state index in [0.717, 1.165) is 0 Å². The number of carboxylic acids is 1. The van der Waals surface area contributed by atoms with Gasteiger partial charge in [-0.25, -0.2) is 9.97 Å². The lowest BCUT2D eigenvalue weighted by atomic mass is 10.0. The summed E-state index contributed by atoms with van der Waals surface area (Å²) in [6.45, 7) is 0.965. The first-order valence-electron chi connectivity index (χ1n) is 4.47. The molecule has 0 spiro atoms. The predicted molar refractivity (Wildman–Crippen MR) is 53.3 cm³/mol. The van der Waals surface area contributed by atoms with Gasteiger partial charge in [0.2, 0.25) is 0 Å². The number of terminal acetylenes is 1. The minimum atomic E-state index is -0.766. The van der Waals surface area contributed by atoms with E-state index in [1.54, 1.807) is 6.07 Å². The molecule has 15 heavy (non-hydrogen) atoms.